The van der Waals surface area contributed by atoms with E-state index in [0.29, 0.717) is 30.9 Å². The summed E-state index contributed by atoms with van der Waals surface area (Å²) in [7, 11) is 0. The van der Waals surface area contributed by atoms with Crippen LogP contribution in [0.5, 0.6) is 11.5 Å². The lowest BCUT2D eigenvalue weighted by molar-refractivity contribution is -0.137. The molecule has 2 aliphatic rings. The Morgan fingerprint density at radius 2 is 2.12 bits per heavy atom. The maximum atomic E-state index is 12.2. The molecule has 0 aromatic heterocycles. The van der Waals surface area contributed by atoms with Crippen LogP contribution in [0.15, 0.2) is 12.1 Å². The zero-order valence-corrected chi connectivity index (χ0v) is 14.1. The summed E-state index contributed by atoms with van der Waals surface area (Å²) in [6.45, 7) is 0.371. The summed E-state index contributed by atoms with van der Waals surface area (Å²) in [5.41, 5.74) is 5.45. The van der Waals surface area contributed by atoms with Crippen molar-refractivity contribution in [3.63, 3.8) is 0 Å². The lowest BCUT2D eigenvalue weighted by atomic mass is 9.97. The van der Waals surface area contributed by atoms with Gasteiger partial charge in [-0.2, -0.15) is 0 Å². The van der Waals surface area contributed by atoms with Gasteiger partial charge in [-0.15, -0.1) is 0 Å². The zero-order chi connectivity index (χ0) is 18.0. The molecule has 0 unspecified atom stereocenters. The number of esters is 1. The maximum absolute atomic E-state index is 12.2. The normalized spacial score (nSPS) is 18.8. The summed E-state index contributed by atoms with van der Waals surface area (Å²) in [4.78, 5) is 37.1. The van der Waals surface area contributed by atoms with Crippen LogP contribution in [0.3, 0.4) is 0 Å². The predicted octanol–water partition coefficient (Wildman–Crippen LogP) is 0.949. The standard InChI is InChI=1S/C16H17ClN2O6/c17-11-4-10(5-12-14(11)25-8-24-12)16(22)23-7-13(20)19-3-1-2-9(6-19)15(18)21/h4-5,9H,1-3,6-8H2,(H2,18,21)/t9-/m0/s1. The highest BCUT2D eigenvalue weighted by Gasteiger charge is 2.28. The van der Waals surface area contributed by atoms with E-state index >= 15 is 0 Å². The van der Waals surface area contributed by atoms with Crippen LogP contribution in [0.4, 0.5) is 0 Å². The summed E-state index contributed by atoms with van der Waals surface area (Å²) in [6, 6.07) is 2.84. The number of ether oxygens (including phenoxy) is 3. The molecule has 1 atom stereocenters. The predicted molar refractivity (Wildman–Crippen MR) is 86.4 cm³/mol. The van der Waals surface area contributed by atoms with Gasteiger partial charge in [-0.1, -0.05) is 11.6 Å². The molecular weight excluding hydrogens is 352 g/mol. The number of nitrogens with two attached hydrogens (primary N) is 1. The van der Waals surface area contributed by atoms with Gasteiger partial charge in [0.15, 0.2) is 18.1 Å². The number of benzene rings is 1. The first kappa shape index (κ1) is 17.3. The third kappa shape index (κ3) is 3.79. The van der Waals surface area contributed by atoms with E-state index in [1.807, 2.05) is 0 Å². The third-order valence-corrected chi connectivity index (χ3v) is 4.45. The Hall–Kier alpha value is -2.48. The minimum Gasteiger partial charge on any atom is -0.454 e. The van der Waals surface area contributed by atoms with E-state index in [9.17, 15) is 14.4 Å². The highest BCUT2D eigenvalue weighted by Crippen LogP contribution is 2.39. The van der Waals surface area contributed by atoms with Gasteiger partial charge in [0.1, 0.15) is 0 Å². The topological polar surface area (TPSA) is 108 Å². The molecule has 0 aliphatic carbocycles. The van der Waals surface area contributed by atoms with Crippen molar-refractivity contribution in [2.24, 2.45) is 11.7 Å². The van der Waals surface area contributed by atoms with Crippen molar-refractivity contribution in [1.29, 1.82) is 0 Å². The van der Waals surface area contributed by atoms with Crippen LogP contribution < -0.4 is 15.2 Å². The summed E-state index contributed by atoms with van der Waals surface area (Å²) in [5, 5.41) is 0.230. The van der Waals surface area contributed by atoms with Gasteiger partial charge in [0.2, 0.25) is 12.7 Å². The van der Waals surface area contributed by atoms with E-state index in [1.54, 1.807) is 0 Å². The molecule has 2 N–H and O–H groups in total. The minimum absolute atomic E-state index is 0.0298. The molecule has 1 saturated heterocycles. The Bertz CT molecular complexity index is 723. The number of carbonyl (C=O) groups is 3. The molecule has 1 aromatic rings. The number of piperidine rings is 1. The molecule has 2 heterocycles. The molecule has 0 saturated carbocycles. The van der Waals surface area contributed by atoms with Crippen molar-refractivity contribution < 1.29 is 28.6 Å². The monoisotopic (exact) mass is 368 g/mol. The third-order valence-electron chi connectivity index (χ3n) is 4.17. The maximum Gasteiger partial charge on any atom is 0.338 e. The zero-order valence-electron chi connectivity index (χ0n) is 13.3. The number of hydrogen-bond acceptors (Lipinski definition) is 6. The van der Waals surface area contributed by atoms with Crippen molar-refractivity contribution >= 4 is 29.4 Å². The molecule has 0 spiro atoms. The molecule has 2 amide bonds. The Morgan fingerprint density at radius 1 is 1.32 bits per heavy atom. The van der Waals surface area contributed by atoms with E-state index in [-0.39, 0.29) is 35.7 Å². The van der Waals surface area contributed by atoms with Gasteiger partial charge in [0.25, 0.3) is 5.91 Å². The lowest BCUT2D eigenvalue weighted by Gasteiger charge is -2.31. The van der Waals surface area contributed by atoms with E-state index in [1.165, 1.54) is 17.0 Å². The summed E-state index contributed by atoms with van der Waals surface area (Å²) in [6.07, 6.45) is 1.35. The molecule has 134 valence electrons. The van der Waals surface area contributed by atoms with Crippen LogP contribution in [0.2, 0.25) is 5.02 Å². The van der Waals surface area contributed by atoms with E-state index in [2.05, 4.69) is 0 Å². The Balaban J connectivity index is 1.58. The molecule has 2 aliphatic heterocycles. The highest BCUT2D eigenvalue weighted by atomic mass is 35.5. The SMILES string of the molecule is NC(=O)[C@H]1CCCN(C(=O)COC(=O)c2cc(Cl)c3c(c2)OCO3)C1. The highest BCUT2D eigenvalue weighted by molar-refractivity contribution is 6.32. The smallest absolute Gasteiger partial charge is 0.338 e. The van der Waals surface area contributed by atoms with E-state index < -0.39 is 18.5 Å². The van der Waals surface area contributed by atoms with Gasteiger partial charge in [0, 0.05) is 13.1 Å². The molecular formula is C16H17ClN2O6. The van der Waals surface area contributed by atoms with Crippen LogP contribution >= 0.6 is 11.6 Å². The molecule has 0 radical (unpaired) electrons. The first-order valence-electron chi connectivity index (χ1n) is 7.79. The number of primary amides is 1. The number of hydrogen-bond donors (Lipinski definition) is 1. The van der Waals surface area contributed by atoms with Gasteiger partial charge in [-0.3, -0.25) is 9.59 Å². The van der Waals surface area contributed by atoms with Crippen molar-refractivity contribution in [2.45, 2.75) is 12.8 Å². The number of likely N-dealkylation sites (tertiary alicyclic amines) is 1. The molecule has 25 heavy (non-hydrogen) atoms. The van der Waals surface area contributed by atoms with E-state index in [0.717, 1.165) is 0 Å². The van der Waals surface area contributed by atoms with Gasteiger partial charge in [0.05, 0.1) is 16.5 Å². The number of fused-ring (bicyclic) bond motifs is 1. The second kappa shape index (κ2) is 7.18. The number of nitrogens with zero attached hydrogens (tertiary/aromatic N) is 1. The van der Waals surface area contributed by atoms with Crippen molar-refractivity contribution in [2.75, 3.05) is 26.5 Å². The molecule has 1 aromatic carbocycles. The van der Waals surface area contributed by atoms with Crippen LogP contribution in [0, 0.1) is 5.92 Å². The van der Waals surface area contributed by atoms with Gasteiger partial charge >= 0.3 is 5.97 Å². The second-order valence-corrected chi connectivity index (χ2v) is 6.26. The van der Waals surface area contributed by atoms with Crippen LogP contribution in [0.1, 0.15) is 23.2 Å². The van der Waals surface area contributed by atoms with Crippen LogP contribution in [-0.2, 0) is 14.3 Å². The fourth-order valence-corrected chi connectivity index (χ4v) is 3.09. The molecule has 1 fully saturated rings. The van der Waals surface area contributed by atoms with Crippen LogP contribution in [0.25, 0.3) is 0 Å². The average molecular weight is 369 g/mol. The first-order valence-corrected chi connectivity index (χ1v) is 8.17. The second-order valence-electron chi connectivity index (χ2n) is 5.85. The van der Waals surface area contributed by atoms with Gasteiger partial charge in [-0.25, -0.2) is 4.79 Å². The first-order chi connectivity index (χ1) is 12.0. The van der Waals surface area contributed by atoms with Crippen molar-refractivity contribution in [3.05, 3.63) is 22.7 Å². The largest absolute Gasteiger partial charge is 0.454 e. The van der Waals surface area contributed by atoms with Crippen molar-refractivity contribution in [3.8, 4) is 11.5 Å². The Morgan fingerprint density at radius 3 is 2.88 bits per heavy atom. The number of halogens is 1. The van der Waals surface area contributed by atoms with Crippen LogP contribution in [-0.4, -0.2) is 49.2 Å². The Kier molecular flexibility index (Phi) is 4.98. The quantitative estimate of drug-likeness (QED) is 0.793. The summed E-state index contributed by atoms with van der Waals surface area (Å²) < 4.78 is 15.4. The molecule has 3 rings (SSSR count). The Labute approximate surface area is 148 Å². The number of carbonyl (C=O) groups excluding carboxylic acids is 3. The number of amides is 2. The fourth-order valence-electron chi connectivity index (χ4n) is 2.82. The van der Waals surface area contributed by atoms with E-state index in [4.69, 9.17) is 31.5 Å². The molecule has 9 heteroatoms. The lowest BCUT2D eigenvalue weighted by Crippen LogP contribution is -2.45. The van der Waals surface area contributed by atoms with Gasteiger partial charge < -0.3 is 24.8 Å². The summed E-state index contributed by atoms with van der Waals surface area (Å²) in [5.74, 6) is -1.13. The molecule has 0 bridgehead atoms. The molecule has 8 nitrogen and oxygen atoms in total. The average Bonchev–Trinajstić information content (AvgIpc) is 3.08. The fraction of sp³-hybridized carbons (Fsp3) is 0.438. The summed E-state index contributed by atoms with van der Waals surface area (Å²) >= 11 is 6.02. The van der Waals surface area contributed by atoms with Crippen molar-refractivity contribution in [1.82, 2.24) is 4.90 Å². The number of rotatable bonds is 4. The minimum atomic E-state index is -0.697. The van der Waals surface area contributed by atoms with Gasteiger partial charge in [-0.05, 0) is 25.0 Å².